The first kappa shape index (κ1) is 13.1. The maximum Gasteiger partial charge on any atom is 0.241 e. The lowest BCUT2D eigenvalue weighted by Crippen LogP contribution is -2.39. The van der Waals surface area contributed by atoms with Crippen molar-refractivity contribution in [3.63, 3.8) is 0 Å². The minimum absolute atomic E-state index is 0.0952. The summed E-state index contributed by atoms with van der Waals surface area (Å²) in [7, 11) is 0. The number of carbonyl (C=O) groups is 1. The fraction of sp³-hybridized carbons (Fsp3) is 0.500. The van der Waals surface area contributed by atoms with Gasteiger partial charge in [0.15, 0.2) is 0 Å². The second-order valence-corrected chi connectivity index (χ2v) is 4.65. The number of anilines is 1. The van der Waals surface area contributed by atoms with Gasteiger partial charge < -0.3 is 10.0 Å². The Balaban J connectivity index is 1.98. The van der Waals surface area contributed by atoms with Crippen LogP contribution in [0, 0.1) is 0 Å². The van der Waals surface area contributed by atoms with Crippen molar-refractivity contribution in [1.29, 1.82) is 0 Å². The van der Waals surface area contributed by atoms with Crippen molar-refractivity contribution >= 4 is 11.6 Å². The molecule has 1 saturated heterocycles. The summed E-state index contributed by atoms with van der Waals surface area (Å²) in [6.07, 6.45) is 0.495. The topological polar surface area (TPSA) is 43.8 Å². The van der Waals surface area contributed by atoms with E-state index in [2.05, 4.69) is 0 Å². The molecule has 4 nitrogen and oxygen atoms in total. The van der Waals surface area contributed by atoms with Crippen molar-refractivity contribution in [2.75, 3.05) is 31.1 Å². The standard InChI is InChI=1S/C14H20N2O2/c1-2-16(12-6-4-3-5-7-12)14(18)11-15-9-8-13(17)10-15/h3-7,13,17H,2,8-11H2,1H3/t13-/m0/s1. The number of aliphatic hydroxyl groups excluding tert-OH is 1. The largest absolute Gasteiger partial charge is 0.392 e. The first-order valence-corrected chi connectivity index (χ1v) is 6.46. The normalized spacial score (nSPS) is 20.0. The molecule has 0 aliphatic carbocycles. The van der Waals surface area contributed by atoms with E-state index in [1.807, 2.05) is 42.2 Å². The van der Waals surface area contributed by atoms with E-state index in [0.29, 0.717) is 19.6 Å². The maximum absolute atomic E-state index is 12.2. The molecule has 1 fully saturated rings. The third-order valence-electron chi connectivity index (χ3n) is 3.29. The van der Waals surface area contributed by atoms with Gasteiger partial charge in [-0.3, -0.25) is 9.69 Å². The van der Waals surface area contributed by atoms with Crippen LogP contribution in [0.4, 0.5) is 5.69 Å². The van der Waals surface area contributed by atoms with E-state index < -0.39 is 0 Å². The van der Waals surface area contributed by atoms with Gasteiger partial charge in [0.2, 0.25) is 5.91 Å². The van der Waals surface area contributed by atoms with Crippen LogP contribution in [0.5, 0.6) is 0 Å². The molecule has 1 aliphatic heterocycles. The van der Waals surface area contributed by atoms with Crippen molar-refractivity contribution in [1.82, 2.24) is 4.90 Å². The lowest BCUT2D eigenvalue weighted by Gasteiger charge is -2.24. The molecule has 1 aliphatic rings. The summed E-state index contributed by atoms with van der Waals surface area (Å²) >= 11 is 0. The van der Waals surface area contributed by atoms with Gasteiger partial charge in [-0.1, -0.05) is 18.2 Å². The van der Waals surface area contributed by atoms with Crippen LogP contribution in [-0.4, -0.2) is 48.2 Å². The summed E-state index contributed by atoms with van der Waals surface area (Å²) in [5.41, 5.74) is 0.935. The summed E-state index contributed by atoms with van der Waals surface area (Å²) in [5, 5.41) is 9.46. The van der Waals surface area contributed by atoms with Crippen LogP contribution in [0.1, 0.15) is 13.3 Å². The molecular formula is C14H20N2O2. The third kappa shape index (κ3) is 3.09. The fourth-order valence-electron chi connectivity index (χ4n) is 2.34. The second kappa shape index (κ2) is 5.98. The number of hydrogen-bond donors (Lipinski definition) is 1. The Morgan fingerprint density at radius 1 is 1.44 bits per heavy atom. The van der Waals surface area contributed by atoms with Crippen molar-refractivity contribution in [3.05, 3.63) is 30.3 Å². The number of carbonyl (C=O) groups excluding carboxylic acids is 1. The Morgan fingerprint density at radius 3 is 2.72 bits per heavy atom. The number of β-amino-alcohol motifs (C(OH)–C–C–N with tert-alkyl or cyclic N) is 1. The van der Waals surface area contributed by atoms with Crippen LogP contribution in [0.3, 0.4) is 0 Å². The van der Waals surface area contributed by atoms with Gasteiger partial charge in [-0.25, -0.2) is 0 Å². The first-order chi connectivity index (χ1) is 8.70. The van der Waals surface area contributed by atoms with Gasteiger partial charge >= 0.3 is 0 Å². The lowest BCUT2D eigenvalue weighted by atomic mass is 10.3. The molecule has 0 bridgehead atoms. The van der Waals surface area contributed by atoms with E-state index in [0.717, 1.165) is 18.7 Å². The number of amides is 1. The van der Waals surface area contributed by atoms with Crippen LogP contribution in [-0.2, 0) is 4.79 Å². The van der Waals surface area contributed by atoms with Gasteiger partial charge in [-0.05, 0) is 25.5 Å². The average molecular weight is 248 g/mol. The van der Waals surface area contributed by atoms with E-state index in [9.17, 15) is 9.90 Å². The molecule has 1 aromatic carbocycles. The zero-order valence-corrected chi connectivity index (χ0v) is 10.7. The number of hydrogen-bond acceptors (Lipinski definition) is 3. The zero-order valence-electron chi connectivity index (χ0n) is 10.7. The Labute approximate surface area is 108 Å². The summed E-state index contributed by atoms with van der Waals surface area (Å²) in [5.74, 6) is 0.0952. The van der Waals surface area contributed by atoms with Gasteiger partial charge in [-0.15, -0.1) is 0 Å². The molecule has 1 heterocycles. The predicted octanol–water partition coefficient (Wildman–Crippen LogP) is 1.11. The summed E-state index contributed by atoms with van der Waals surface area (Å²) in [4.78, 5) is 16.0. The molecule has 0 radical (unpaired) electrons. The first-order valence-electron chi connectivity index (χ1n) is 6.46. The number of rotatable bonds is 4. The fourth-order valence-corrected chi connectivity index (χ4v) is 2.34. The molecule has 4 heteroatoms. The Morgan fingerprint density at radius 2 is 2.17 bits per heavy atom. The van der Waals surface area contributed by atoms with Crippen molar-refractivity contribution in [2.45, 2.75) is 19.4 Å². The van der Waals surface area contributed by atoms with Crippen molar-refractivity contribution in [3.8, 4) is 0 Å². The Kier molecular flexibility index (Phi) is 4.33. The van der Waals surface area contributed by atoms with Gasteiger partial charge in [0, 0.05) is 25.3 Å². The highest BCUT2D eigenvalue weighted by atomic mass is 16.3. The molecule has 1 N–H and O–H groups in total. The molecule has 1 amide bonds. The number of para-hydroxylation sites is 1. The monoisotopic (exact) mass is 248 g/mol. The quantitative estimate of drug-likeness (QED) is 0.868. The molecule has 1 atom stereocenters. The number of likely N-dealkylation sites (N-methyl/N-ethyl adjacent to an activating group) is 1. The predicted molar refractivity (Wildman–Crippen MR) is 71.5 cm³/mol. The smallest absolute Gasteiger partial charge is 0.241 e. The van der Waals surface area contributed by atoms with Gasteiger partial charge in [0.05, 0.1) is 12.6 Å². The highest BCUT2D eigenvalue weighted by molar-refractivity contribution is 5.94. The van der Waals surface area contributed by atoms with Crippen LogP contribution in [0.25, 0.3) is 0 Å². The Hall–Kier alpha value is -1.39. The SMILES string of the molecule is CCN(C(=O)CN1CC[C@H](O)C1)c1ccccc1. The van der Waals surface area contributed by atoms with E-state index in [1.54, 1.807) is 4.90 Å². The summed E-state index contributed by atoms with van der Waals surface area (Å²) in [6.45, 7) is 4.44. The number of likely N-dealkylation sites (tertiary alicyclic amines) is 1. The van der Waals surface area contributed by atoms with Crippen LogP contribution >= 0.6 is 0 Å². The molecule has 2 rings (SSSR count). The second-order valence-electron chi connectivity index (χ2n) is 4.65. The zero-order chi connectivity index (χ0) is 13.0. The minimum atomic E-state index is -0.274. The third-order valence-corrected chi connectivity index (χ3v) is 3.29. The molecule has 18 heavy (non-hydrogen) atoms. The lowest BCUT2D eigenvalue weighted by molar-refractivity contribution is -0.119. The van der Waals surface area contributed by atoms with E-state index >= 15 is 0 Å². The average Bonchev–Trinajstić information content (AvgIpc) is 2.77. The van der Waals surface area contributed by atoms with Crippen molar-refractivity contribution < 1.29 is 9.90 Å². The van der Waals surface area contributed by atoms with Crippen LogP contribution in [0.2, 0.25) is 0 Å². The van der Waals surface area contributed by atoms with E-state index in [-0.39, 0.29) is 12.0 Å². The number of aliphatic hydroxyl groups is 1. The van der Waals surface area contributed by atoms with Crippen LogP contribution < -0.4 is 4.90 Å². The molecule has 0 saturated carbocycles. The number of nitrogens with zero attached hydrogens (tertiary/aromatic N) is 2. The molecule has 1 aromatic rings. The van der Waals surface area contributed by atoms with E-state index in [1.165, 1.54) is 0 Å². The van der Waals surface area contributed by atoms with E-state index in [4.69, 9.17) is 0 Å². The summed E-state index contributed by atoms with van der Waals surface area (Å²) in [6, 6.07) is 9.70. The minimum Gasteiger partial charge on any atom is -0.392 e. The highest BCUT2D eigenvalue weighted by Crippen LogP contribution is 2.15. The summed E-state index contributed by atoms with van der Waals surface area (Å²) < 4.78 is 0. The molecule has 0 aromatic heterocycles. The van der Waals surface area contributed by atoms with Crippen molar-refractivity contribution in [2.24, 2.45) is 0 Å². The molecular weight excluding hydrogens is 228 g/mol. The molecule has 98 valence electrons. The Bertz CT molecular complexity index is 394. The van der Waals surface area contributed by atoms with Gasteiger partial charge in [-0.2, -0.15) is 0 Å². The van der Waals surface area contributed by atoms with Gasteiger partial charge in [0.25, 0.3) is 0 Å². The van der Waals surface area contributed by atoms with Crippen LogP contribution in [0.15, 0.2) is 30.3 Å². The maximum atomic E-state index is 12.2. The van der Waals surface area contributed by atoms with Gasteiger partial charge in [0.1, 0.15) is 0 Å². The highest BCUT2D eigenvalue weighted by Gasteiger charge is 2.24. The molecule has 0 spiro atoms. The molecule has 0 unspecified atom stereocenters. The number of benzene rings is 1.